The fourth-order valence-corrected chi connectivity index (χ4v) is 3.52. The van der Waals surface area contributed by atoms with Crippen LogP contribution in [-0.4, -0.2) is 30.9 Å². The van der Waals surface area contributed by atoms with E-state index in [1.807, 2.05) is 0 Å². The standard InChI is InChI=1S/C22H24N4O4S/c1-16(2)12-15-30-19-8-4-17(5-9-19)21(27)25-18-6-10-20(11-7-18)31(28,29)26-22-23-13-3-14-24-22/h3-11,13-14,16H,12,15H2,1-2H3,(H,25,27)(H,23,24,26). The molecule has 31 heavy (non-hydrogen) atoms. The van der Waals surface area contributed by atoms with Crippen molar-refractivity contribution in [2.45, 2.75) is 25.2 Å². The number of benzene rings is 2. The van der Waals surface area contributed by atoms with E-state index in [0.717, 1.165) is 6.42 Å². The van der Waals surface area contributed by atoms with E-state index in [4.69, 9.17) is 4.74 Å². The topological polar surface area (TPSA) is 110 Å². The molecular weight excluding hydrogens is 416 g/mol. The minimum absolute atomic E-state index is 0.0171. The highest BCUT2D eigenvalue weighted by Gasteiger charge is 2.15. The maximum atomic E-state index is 12.5. The molecule has 3 rings (SSSR count). The van der Waals surface area contributed by atoms with Gasteiger partial charge in [-0.2, -0.15) is 0 Å². The molecule has 162 valence electrons. The highest BCUT2D eigenvalue weighted by atomic mass is 32.2. The van der Waals surface area contributed by atoms with Gasteiger partial charge in [0.15, 0.2) is 0 Å². The Labute approximate surface area is 181 Å². The summed E-state index contributed by atoms with van der Waals surface area (Å²) in [5.74, 6) is 0.951. The summed E-state index contributed by atoms with van der Waals surface area (Å²) in [6.07, 6.45) is 3.84. The van der Waals surface area contributed by atoms with Crippen LogP contribution in [0.4, 0.5) is 11.6 Å². The molecule has 2 aromatic carbocycles. The van der Waals surface area contributed by atoms with Gasteiger partial charge in [0, 0.05) is 23.6 Å². The number of aromatic nitrogens is 2. The summed E-state index contributed by atoms with van der Waals surface area (Å²) in [6.45, 7) is 4.89. The summed E-state index contributed by atoms with van der Waals surface area (Å²) in [5.41, 5.74) is 0.938. The Balaban J connectivity index is 1.59. The molecule has 0 unspecified atom stereocenters. The van der Waals surface area contributed by atoms with E-state index in [-0.39, 0.29) is 16.8 Å². The zero-order valence-corrected chi connectivity index (χ0v) is 18.1. The van der Waals surface area contributed by atoms with Crippen LogP contribution >= 0.6 is 0 Å². The normalized spacial score (nSPS) is 11.2. The van der Waals surface area contributed by atoms with Gasteiger partial charge in [-0.3, -0.25) is 4.79 Å². The van der Waals surface area contributed by atoms with Crippen molar-refractivity contribution >= 4 is 27.6 Å². The van der Waals surface area contributed by atoms with Gasteiger partial charge in [0.25, 0.3) is 15.9 Å². The molecule has 0 aliphatic heterocycles. The molecule has 0 spiro atoms. The van der Waals surface area contributed by atoms with E-state index >= 15 is 0 Å². The van der Waals surface area contributed by atoms with Crippen LogP contribution in [-0.2, 0) is 10.0 Å². The van der Waals surface area contributed by atoms with Gasteiger partial charge in [0.2, 0.25) is 5.95 Å². The number of rotatable bonds is 9. The number of hydrogen-bond donors (Lipinski definition) is 2. The van der Waals surface area contributed by atoms with Crippen molar-refractivity contribution in [1.82, 2.24) is 9.97 Å². The predicted molar refractivity (Wildman–Crippen MR) is 119 cm³/mol. The molecule has 0 saturated heterocycles. The number of carbonyl (C=O) groups is 1. The van der Waals surface area contributed by atoms with Crippen molar-refractivity contribution in [3.8, 4) is 5.75 Å². The van der Waals surface area contributed by atoms with E-state index in [1.54, 1.807) is 30.3 Å². The second-order valence-electron chi connectivity index (χ2n) is 7.21. The Bertz CT molecular complexity index is 1100. The molecule has 0 fully saturated rings. The quantitative estimate of drug-likeness (QED) is 0.521. The summed E-state index contributed by atoms with van der Waals surface area (Å²) < 4.78 is 32.8. The van der Waals surface area contributed by atoms with Crippen molar-refractivity contribution in [2.24, 2.45) is 5.92 Å². The van der Waals surface area contributed by atoms with Gasteiger partial charge in [-0.15, -0.1) is 0 Å². The van der Waals surface area contributed by atoms with E-state index in [0.29, 0.717) is 29.5 Å². The molecule has 0 aliphatic carbocycles. The van der Waals surface area contributed by atoms with Gasteiger partial charge in [0.1, 0.15) is 5.75 Å². The second-order valence-corrected chi connectivity index (χ2v) is 8.89. The second kappa shape index (κ2) is 10.0. The minimum Gasteiger partial charge on any atom is -0.494 e. The predicted octanol–water partition coefficient (Wildman–Crippen LogP) is 3.95. The molecule has 1 heterocycles. The average molecular weight is 441 g/mol. The smallest absolute Gasteiger partial charge is 0.264 e. The van der Waals surface area contributed by atoms with Crippen LogP contribution < -0.4 is 14.8 Å². The minimum atomic E-state index is -3.83. The van der Waals surface area contributed by atoms with Crippen LogP contribution in [0.5, 0.6) is 5.75 Å². The van der Waals surface area contributed by atoms with Gasteiger partial charge in [-0.1, -0.05) is 13.8 Å². The average Bonchev–Trinajstić information content (AvgIpc) is 2.75. The molecule has 1 amide bonds. The molecule has 0 bridgehead atoms. The van der Waals surface area contributed by atoms with Crippen molar-refractivity contribution in [2.75, 3.05) is 16.6 Å². The third-order valence-corrected chi connectivity index (χ3v) is 5.64. The summed E-state index contributed by atoms with van der Waals surface area (Å²) in [5, 5.41) is 2.74. The van der Waals surface area contributed by atoms with E-state index in [9.17, 15) is 13.2 Å². The molecular formula is C22H24N4O4S. The Kier molecular flexibility index (Phi) is 7.19. The largest absolute Gasteiger partial charge is 0.494 e. The zero-order valence-electron chi connectivity index (χ0n) is 17.3. The maximum Gasteiger partial charge on any atom is 0.264 e. The Morgan fingerprint density at radius 3 is 2.26 bits per heavy atom. The van der Waals surface area contributed by atoms with Crippen molar-refractivity contribution in [3.05, 3.63) is 72.6 Å². The van der Waals surface area contributed by atoms with Crippen LogP contribution in [0.1, 0.15) is 30.6 Å². The van der Waals surface area contributed by atoms with E-state index in [2.05, 4.69) is 33.9 Å². The number of nitrogens with zero attached hydrogens (tertiary/aromatic N) is 2. The Morgan fingerprint density at radius 1 is 1.00 bits per heavy atom. The van der Waals surface area contributed by atoms with Crippen LogP contribution in [0.3, 0.4) is 0 Å². The van der Waals surface area contributed by atoms with Crippen molar-refractivity contribution in [1.29, 1.82) is 0 Å². The first-order chi connectivity index (χ1) is 14.8. The van der Waals surface area contributed by atoms with Gasteiger partial charge in [-0.25, -0.2) is 23.1 Å². The third-order valence-electron chi connectivity index (χ3n) is 4.29. The molecule has 0 saturated carbocycles. The number of sulfonamides is 1. The molecule has 0 aliphatic rings. The van der Waals surface area contributed by atoms with E-state index < -0.39 is 10.0 Å². The number of carbonyl (C=O) groups excluding carboxylic acids is 1. The molecule has 3 aromatic rings. The van der Waals surface area contributed by atoms with E-state index in [1.165, 1.54) is 36.7 Å². The molecule has 0 atom stereocenters. The lowest BCUT2D eigenvalue weighted by Crippen LogP contribution is -2.15. The lowest BCUT2D eigenvalue weighted by atomic mass is 10.1. The molecule has 0 radical (unpaired) electrons. The molecule has 2 N–H and O–H groups in total. The summed E-state index contributed by atoms with van der Waals surface area (Å²) >= 11 is 0. The van der Waals surface area contributed by atoms with Crippen LogP contribution in [0.2, 0.25) is 0 Å². The van der Waals surface area contributed by atoms with Gasteiger partial charge in [-0.05, 0) is 66.9 Å². The van der Waals surface area contributed by atoms with Crippen LogP contribution in [0.15, 0.2) is 71.9 Å². The lowest BCUT2D eigenvalue weighted by molar-refractivity contribution is 0.102. The molecule has 1 aromatic heterocycles. The third kappa shape index (κ3) is 6.51. The first-order valence-electron chi connectivity index (χ1n) is 9.77. The number of amides is 1. The fourth-order valence-electron chi connectivity index (χ4n) is 2.57. The van der Waals surface area contributed by atoms with Crippen LogP contribution in [0, 0.1) is 5.92 Å². The Morgan fingerprint density at radius 2 is 1.65 bits per heavy atom. The van der Waals surface area contributed by atoms with Crippen molar-refractivity contribution in [3.63, 3.8) is 0 Å². The van der Waals surface area contributed by atoms with Gasteiger partial charge >= 0.3 is 0 Å². The highest BCUT2D eigenvalue weighted by Crippen LogP contribution is 2.18. The number of ether oxygens (including phenoxy) is 1. The number of nitrogens with one attached hydrogen (secondary N) is 2. The number of hydrogen-bond acceptors (Lipinski definition) is 6. The van der Waals surface area contributed by atoms with Crippen molar-refractivity contribution < 1.29 is 17.9 Å². The first kappa shape index (κ1) is 22.2. The lowest BCUT2D eigenvalue weighted by Gasteiger charge is -2.10. The zero-order chi connectivity index (χ0) is 22.3. The maximum absolute atomic E-state index is 12.5. The Hall–Kier alpha value is -3.46. The summed E-state index contributed by atoms with van der Waals surface area (Å²) in [4.78, 5) is 20.2. The van der Waals surface area contributed by atoms with Crippen LogP contribution in [0.25, 0.3) is 0 Å². The monoisotopic (exact) mass is 440 g/mol. The van der Waals surface area contributed by atoms with Gasteiger partial charge < -0.3 is 10.1 Å². The molecule has 9 heteroatoms. The number of anilines is 2. The SMILES string of the molecule is CC(C)CCOc1ccc(C(=O)Nc2ccc(S(=O)(=O)Nc3ncccn3)cc2)cc1. The first-order valence-corrected chi connectivity index (χ1v) is 11.3. The van der Waals surface area contributed by atoms with Gasteiger partial charge in [0.05, 0.1) is 11.5 Å². The summed E-state index contributed by atoms with van der Waals surface area (Å²) in [6, 6.07) is 14.3. The highest BCUT2D eigenvalue weighted by molar-refractivity contribution is 7.92. The molecule has 8 nitrogen and oxygen atoms in total. The summed E-state index contributed by atoms with van der Waals surface area (Å²) in [7, 11) is -3.83. The fraction of sp³-hybridized carbons (Fsp3) is 0.227.